The van der Waals surface area contributed by atoms with Gasteiger partial charge >= 0.3 is 0 Å². The van der Waals surface area contributed by atoms with Crippen LogP contribution in [-0.4, -0.2) is 0 Å². The third kappa shape index (κ3) is 2.45. The predicted octanol–water partition coefficient (Wildman–Crippen LogP) is 3.48. The molecule has 1 aromatic rings. The first-order valence-corrected chi connectivity index (χ1v) is 4.95. The normalized spacial score (nSPS) is 13.4. The Morgan fingerprint density at radius 1 is 1.15 bits per heavy atom. The molecule has 0 radical (unpaired) electrons. The van der Waals surface area contributed by atoms with Gasteiger partial charge < -0.3 is 5.73 Å². The molecule has 72 valence electrons. The lowest BCUT2D eigenvalue weighted by molar-refractivity contribution is 0.765. The van der Waals surface area contributed by atoms with Gasteiger partial charge in [0.15, 0.2) is 0 Å². The van der Waals surface area contributed by atoms with Crippen LogP contribution >= 0.6 is 11.6 Å². The fraction of sp³-hybridized carbons (Fsp3) is 0.455. The summed E-state index contributed by atoms with van der Waals surface area (Å²) in [5.74, 6) is 0.472. The van der Waals surface area contributed by atoms with Gasteiger partial charge in [-0.15, -0.1) is 0 Å². The van der Waals surface area contributed by atoms with E-state index in [2.05, 4.69) is 13.8 Å². The Hall–Kier alpha value is -0.530. The molecule has 0 fully saturated rings. The summed E-state index contributed by atoms with van der Waals surface area (Å²) in [5.41, 5.74) is 8.31. The van der Waals surface area contributed by atoms with Crippen LogP contribution in [-0.2, 0) is 0 Å². The van der Waals surface area contributed by atoms with Gasteiger partial charge in [0.25, 0.3) is 0 Å². The fourth-order valence-electron chi connectivity index (χ4n) is 1.46. The highest BCUT2D eigenvalue weighted by Gasteiger charge is 2.09. The van der Waals surface area contributed by atoms with Crippen molar-refractivity contribution in [1.82, 2.24) is 0 Å². The smallest absolute Gasteiger partial charge is 0.0409 e. The molecule has 1 atom stereocenters. The lowest BCUT2D eigenvalue weighted by Gasteiger charge is -2.15. The van der Waals surface area contributed by atoms with E-state index in [1.807, 2.05) is 25.1 Å². The second-order valence-electron chi connectivity index (χ2n) is 3.72. The Bertz CT molecular complexity index is 292. The highest BCUT2D eigenvalue weighted by atomic mass is 35.5. The van der Waals surface area contributed by atoms with Crippen LogP contribution < -0.4 is 5.73 Å². The van der Waals surface area contributed by atoms with E-state index in [0.717, 1.165) is 5.02 Å². The topological polar surface area (TPSA) is 26.0 Å². The predicted molar refractivity (Wildman–Crippen MR) is 58.1 cm³/mol. The average molecular weight is 198 g/mol. The van der Waals surface area contributed by atoms with Gasteiger partial charge in [-0.3, -0.25) is 0 Å². The molecule has 0 spiro atoms. The van der Waals surface area contributed by atoms with Crippen LogP contribution in [0.25, 0.3) is 0 Å². The molecule has 0 aliphatic heterocycles. The van der Waals surface area contributed by atoms with Gasteiger partial charge in [-0.2, -0.15) is 0 Å². The van der Waals surface area contributed by atoms with E-state index >= 15 is 0 Å². The summed E-state index contributed by atoms with van der Waals surface area (Å²) in [7, 11) is 0. The fourth-order valence-corrected chi connectivity index (χ4v) is 1.64. The van der Waals surface area contributed by atoms with Gasteiger partial charge in [-0.05, 0) is 36.1 Å². The zero-order valence-corrected chi connectivity index (χ0v) is 9.10. The molecule has 1 aromatic carbocycles. The summed E-state index contributed by atoms with van der Waals surface area (Å²) >= 11 is 5.92. The Morgan fingerprint density at radius 3 is 2.23 bits per heavy atom. The van der Waals surface area contributed by atoms with Crippen LogP contribution in [0, 0.1) is 0 Å². The van der Waals surface area contributed by atoms with Crippen molar-refractivity contribution in [1.29, 1.82) is 0 Å². The minimum atomic E-state index is 0.0784. The van der Waals surface area contributed by atoms with Gasteiger partial charge in [-0.25, -0.2) is 0 Å². The standard InChI is InChI=1S/C11H16ClN/c1-7(2)11-6-9(12)4-5-10(11)8(3)13/h4-8H,13H2,1-3H3. The number of hydrogen-bond donors (Lipinski definition) is 1. The summed E-state index contributed by atoms with van der Waals surface area (Å²) in [6.07, 6.45) is 0. The molecule has 2 N–H and O–H groups in total. The minimum Gasteiger partial charge on any atom is -0.324 e. The monoisotopic (exact) mass is 197 g/mol. The quantitative estimate of drug-likeness (QED) is 0.772. The first-order chi connectivity index (χ1) is 6.02. The zero-order valence-electron chi connectivity index (χ0n) is 8.34. The van der Waals surface area contributed by atoms with Crippen LogP contribution in [0.4, 0.5) is 0 Å². The molecule has 0 aliphatic carbocycles. The second kappa shape index (κ2) is 4.12. The van der Waals surface area contributed by atoms with E-state index in [4.69, 9.17) is 17.3 Å². The van der Waals surface area contributed by atoms with Crippen molar-refractivity contribution in [3.63, 3.8) is 0 Å². The molecular formula is C11H16ClN. The first-order valence-electron chi connectivity index (χ1n) is 4.57. The SMILES string of the molecule is CC(C)c1cc(Cl)ccc1C(C)N. The summed E-state index contributed by atoms with van der Waals surface area (Å²) in [6.45, 7) is 6.30. The Kier molecular flexibility index (Phi) is 3.34. The van der Waals surface area contributed by atoms with Crippen LogP contribution in [0.2, 0.25) is 5.02 Å². The molecule has 1 rings (SSSR count). The molecule has 13 heavy (non-hydrogen) atoms. The lowest BCUT2D eigenvalue weighted by atomic mass is 9.94. The van der Waals surface area contributed by atoms with Crippen molar-refractivity contribution in [2.75, 3.05) is 0 Å². The molecule has 0 saturated heterocycles. The van der Waals surface area contributed by atoms with E-state index in [9.17, 15) is 0 Å². The molecule has 0 saturated carbocycles. The number of benzene rings is 1. The van der Waals surface area contributed by atoms with Crippen LogP contribution in [0.3, 0.4) is 0 Å². The van der Waals surface area contributed by atoms with Crippen molar-refractivity contribution in [2.24, 2.45) is 5.73 Å². The van der Waals surface area contributed by atoms with E-state index < -0.39 is 0 Å². The summed E-state index contributed by atoms with van der Waals surface area (Å²) in [6, 6.07) is 5.99. The molecule has 0 aliphatic rings. The van der Waals surface area contributed by atoms with Crippen molar-refractivity contribution in [3.8, 4) is 0 Å². The molecule has 0 amide bonds. The van der Waals surface area contributed by atoms with Crippen molar-refractivity contribution < 1.29 is 0 Å². The first kappa shape index (κ1) is 10.6. The van der Waals surface area contributed by atoms with Gasteiger partial charge in [0.05, 0.1) is 0 Å². The van der Waals surface area contributed by atoms with Crippen molar-refractivity contribution >= 4 is 11.6 Å². The number of nitrogens with two attached hydrogens (primary N) is 1. The van der Waals surface area contributed by atoms with Crippen LogP contribution in [0.1, 0.15) is 43.9 Å². The molecule has 0 aromatic heterocycles. The third-order valence-corrected chi connectivity index (χ3v) is 2.40. The molecule has 1 unspecified atom stereocenters. The van der Waals surface area contributed by atoms with Gasteiger partial charge in [-0.1, -0.05) is 31.5 Å². The van der Waals surface area contributed by atoms with Gasteiger partial charge in [0.2, 0.25) is 0 Å². The van der Waals surface area contributed by atoms with Crippen LogP contribution in [0.15, 0.2) is 18.2 Å². The Labute approximate surface area is 84.9 Å². The largest absolute Gasteiger partial charge is 0.324 e. The van der Waals surface area contributed by atoms with E-state index in [1.165, 1.54) is 11.1 Å². The lowest BCUT2D eigenvalue weighted by Crippen LogP contribution is -2.09. The van der Waals surface area contributed by atoms with E-state index in [1.54, 1.807) is 0 Å². The molecule has 2 heteroatoms. The maximum absolute atomic E-state index is 5.92. The summed E-state index contributed by atoms with van der Waals surface area (Å²) < 4.78 is 0. The Morgan fingerprint density at radius 2 is 1.77 bits per heavy atom. The maximum atomic E-state index is 5.92. The zero-order chi connectivity index (χ0) is 10.0. The summed E-state index contributed by atoms with van der Waals surface area (Å²) in [4.78, 5) is 0. The molecular weight excluding hydrogens is 182 g/mol. The maximum Gasteiger partial charge on any atom is 0.0409 e. The third-order valence-electron chi connectivity index (χ3n) is 2.16. The average Bonchev–Trinajstić information content (AvgIpc) is 2.03. The van der Waals surface area contributed by atoms with Crippen molar-refractivity contribution in [3.05, 3.63) is 34.3 Å². The highest BCUT2D eigenvalue weighted by molar-refractivity contribution is 6.30. The van der Waals surface area contributed by atoms with Gasteiger partial charge in [0, 0.05) is 11.1 Å². The Balaban J connectivity index is 3.19. The number of hydrogen-bond acceptors (Lipinski definition) is 1. The second-order valence-corrected chi connectivity index (χ2v) is 4.15. The summed E-state index contributed by atoms with van der Waals surface area (Å²) in [5, 5.41) is 0.785. The number of rotatable bonds is 2. The number of halogens is 1. The molecule has 1 nitrogen and oxygen atoms in total. The molecule has 0 heterocycles. The van der Waals surface area contributed by atoms with Gasteiger partial charge in [0.1, 0.15) is 0 Å². The minimum absolute atomic E-state index is 0.0784. The highest BCUT2D eigenvalue weighted by Crippen LogP contribution is 2.26. The molecule has 0 bridgehead atoms. The van der Waals surface area contributed by atoms with E-state index in [0.29, 0.717) is 5.92 Å². The van der Waals surface area contributed by atoms with E-state index in [-0.39, 0.29) is 6.04 Å². The van der Waals surface area contributed by atoms with Crippen molar-refractivity contribution in [2.45, 2.75) is 32.7 Å². The van der Waals surface area contributed by atoms with Crippen LogP contribution in [0.5, 0.6) is 0 Å².